The lowest BCUT2D eigenvalue weighted by Crippen LogP contribution is -3.15. The summed E-state index contributed by atoms with van der Waals surface area (Å²) in [6.45, 7) is 3.38. The molecule has 5 nitrogen and oxygen atoms in total. The van der Waals surface area contributed by atoms with Crippen LogP contribution in [0.25, 0.3) is 0 Å². The van der Waals surface area contributed by atoms with Gasteiger partial charge in [0.05, 0.1) is 17.1 Å². The molecule has 0 fully saturated rings. The number of nitrogens with zero attached hydrogens (tertiary/aromatic N) is 1. The Balaban J connectivity index is 1.56. The van der Waals surface area contributed by atoms with Crippen LogP contribution in [0, 0.1) is 0 Å². The molecule has 2 amide bonds. The summed E-state index contributed by atoms with van der Waals surface area (Å²) in [7, 11) is 1.86. The minimum Gasteiger partial charge on any atom is -0.333 e. The zero-order valence-electron chi connectivity index (χ0n) is 16.0. The summed E-state index contributed by atoms with van der Waals surface area (Å²) >= 11 is 11.9. The predicted octanol–water partition coefficient (Wildman–Crippen LogP) is 2.42. The highest BCUT2D eigenvalue weighted by Gasteiger charge is 2.30. The Labute approximate surface area is 175 Å². The number of halogens is 2. The Morgan fingerprint density at radius 3 is 2.57 bits per heavy atom. The molecule has 3 rings (SSSR count). The first kappa shape index (κ1) is 20.6. The van der Waals surface area contributed by atoms with Crippen LogP contribution < -0.4 is 10.2 Å². The Morgan fingerprint density at radius 2 is 1.86 bits per heavy atom. The molecule has 0 saturated heterocycles. The van der Waals surface area contributed by atoms with Crippen LogP contribution >= 0.6 is 23.2 Å². The van der Waals surface area contributed by atoms with Gasteiger partial charge in [-0.1, -0.05) is 47.5 Å². The van der Waals surface area contributed by atoms with Gasteiger partial charge in [-0.15, -0.1) is 0 Å². The van der Waals surface area contributed by atoms with Gasteiger partial charge in [0, 0.05) is 18.8 Å². The van der Waals surface area contributed by atoms with Crippen LogP contribution in [0.1, 0.15) is 18.1 Å². The number of quaternary nitrogens is 1. The van der Waals surface area contributed by atoms with Crippen LogP contribution in [-0.2, 0) is 22.6 Å². The molecule has 7 heteroatoms. The van der Waals surface area contributed by atoms with E-state index in [2.05, 4.69) is 17.4 Å². The summed E-state index contributed by atoms with van der Waals surface area (Å²) in [4.78, 5) is 28.0. The van der Waals surface area contributed by atoms with Crippen molar-refractivity contribution in [3.8, 4) is 0 Å². The Morgan fingerprint density at radius 1 is 1.14 bits per heavy atom. The lowest BCUT2D eigenvalue weighted by Gasteiger charge is -2.32. The van der Waals surface area contributed by atoms with E-state index in [9.17, 15) is 9.59 Å². The highest BCUT2D eigenvalue weighted by atomic mass is 35.5. The van der Waals surface area contributed by atoms with E-state index in [0.717, 1.165) is 11.3 Å². The molecule has 0 saturated carbocycles. The van der Waals surface area contributed by atoms with Crippen LogP contribution in [0.3, 0.4) is 0 Å². The van der Waals surface area contributed by atoms with E-state index >= 15 is 0 Å². The summed E-state index contributed by atoms with van der Waals surface area (Å²) in [5.74, 6) is -0.117. The average molecular weight is 421 g/mol. The van der Waals surface area contributed by atoms with Crippen LogP contribution in [0.4, 0.5) is 5.69 Å². The van der Waals surface area contributed by atoms with Gasteiger partial charge in [0.25, 0.3) is 11.8 Å². The van der Waals surface area contributed by atoms with E-state index in [1.54, 1.807) is 18.2 Å². The number of anilines is 1. The Hall–Kier alpha value is -2.08. The van der Waals surface area contributed by atoms with Gasteiger partial charge in [-0.05, 0) is 42.7 Å². The third-order valence-corrected chi connectivity index (χ3v) is 5.93. The second-order valence-electron chi connectivity index (χ2n) is 7.20. The monoisotopic (exact) mass is 420 g/mol. The first-order valence-corrected chi connectivity index (χ1v) is 10.0. The van der Waals surface area contributed by atoms with Crippen molar-refractivity contribution in [1.29, 1.82) is 0 Å². The number of fused-ring (bicyclic) bond motifs is 1. The molecule has 1 aliphatic heterocycles. The van der Waals surface area contributed by atoms with Crippen molar-refractivity contribution in [2.45, 2.75) is 25.9 Å². The lowest BCUT2D eigenvalue weighted by molar-refractivity contribution is -0.886. The van der Waals surface area contributed by atoms with E-state index in [1.165, 1.54) is 11.1 Å². The van der Waals surface area contributed by atoms with Crippen molar-refractivity contribution < 1.29 is 14.5 Å². The number of hydrogen-bond acceptors (Lipinski definition) is 2. The van der Waals surface area contributed by atoms with E-state index < -0.39 is 0 Å². The maximum absolute atomic E-state index is 12.9. The molecule has 1 unspecified atom stereocenters. The van der Waals surface area contributed by atoms with Crippen LogP contribution in [0.2, 0.25) is 10.0 Å². The number of carbonyl (C=O) groups excluding carboxylic acids is 2. The van der Waals surface area contributed by atoms with E-state index in [0.29, 0.717) is 28.8 Å². The Kier molecular flexibility index (Phi) is 6.60. The van der Waals surface area contributed by atoms with Gasteiger partial charge in [-0.2, -0.15) is 0 Å². The van der Waals surface area contributed by atoms with Crippen molar-refractivity contribution in [2.75, 3.05) is 25.5 Å². The van der Waals surface area contributed by atoms with Gasteiger partial charge in [-0.3, -0.25) is 9.59 Å². The first-order valence-electron chi connectivity index (χ1n) is 9.28. The number of benzene rings is 2. The highest BCUT2D eigenvalue weighted by molar-refractivity contribution is 6.42. The van der Waals surface area contributed by atoms with Gasteiger partial charge >= 0.3 is 0 Å². The SMILES string of the molecule is C[C@@H](C(=O)N1CCc2ccccc2C1)[NH+](C)CC(=O)Nc1ccc(Cl)c(Cl)c1. The second-order valence-corrected chi connectivity index (χ2v) is 8.01. The number of carbonyl (C=O) groups is 2. The summed E-state index contributed by atoms with van der Waals surface area (Å²) in [6, 6.07) is 12.8. The zero-order chi connectivity index (χ0) is 20.3. The molecule has 2 N–H and O–H groups in total. The van der Waals surface area contributed by atoms with E-state index in [4.69, 9.17) is 23.2 Å². The molecule has 0 radical (unpaired) electrons. The van der Waals surface area contributed by atoms with Gasteiger partial charge in [0.2, 0.25) is 0 Å². The number of likely N-dealkylation sites (N-methyl/N-ethyl adjacent to an activating group) is 1. The lowest BCUT2D eigenvalue weighted by atomic mass is 9.99. The summed E-state index contributed by atoms with van der Waals surface area (Å²) < 4.78 is 0. The van der Waals surface area contributed by atoms with Crippen LogP contribution in [-0.4, -0.2) is 42.9 Å². The molecule has 2 aromatic rings. The molecule has 2 atom stereocenters. The molecule has 2 aromatic carbocycles. The smallest absolute Gasteiger partial charge is 0.280 e. The maximum atomic E-state index is 12.9. The van der Waals surface area contributed by atoms with Gasteiger partial charge in [0.15, 0.2) is 12.6 Å². The van der Waals surface area contributed by atoms with Gasteiger partial charge < -0.3 is 15.1 Å². The third-order valence-electron chi connectivity index (χ3n) is 5.19. The highest BCUT2D eigenvalue weighted by Crippen LogP contribution is 2.24. The van der Waals surface area contributed by atoms with Crippen molar-refractivity contribution in [3.05, 3.63) is 63.6 Å². The average Bonchev–Trinajstić information content (AvgIpc) is 2.69. The minimum absolute atomic E-state index is 0.0642. The fourth-order valence-electron chi connectivity index (χ4n) is 3.35. The predicted molar refractivity (Wildman–Crippen MR) is 112 cm³/mol. The first-order chi connectivity index (χ1) is 13.3. The van der Waals surface area contributed by atoms with Crippen molar-refractivity contribution in [1.82, 2.24) is 4.90 Å². The molecule has 0 aliphatic carbocycles. The maximum Gasteiger partial charge on any atom is 0.280 e. The fraction of sp³-hybridized carbons (Fsp3) is 0.333. The zero-order valence-corrected chi connectivity index (χ0v) is 17.5. The molecule has 0 aromatic heterocycles. The normalized spacial score (nSPS) is 15.5. The van der Waals surface area contributed by atoms with Gasteiger partial charge in [0.1, 0.15) is 0 Å². The number of hydrogen-bond donors (Lipinski definition) is 2. The molecule has 1 aliphatic rings. The number of nitrogens with one attached hydrogen (secondary N) is 2. The third kappa shape index (κ3) is 4.85. The summed E-state index contributed by atoms with van der Waals surface area (Å²) in [6.07, 6.45) is 0.867. The Bertz CT molecular complexity index is 888. The summed E-state index contributed by atoms with van der Waals surface area (Å²) in [5, 5.41) is 3.62. The van der Waals surface area contributed by atoms with E-state index in [-0.39, 0.29) is 24.4 Å². The molecule has 28 heavy (non-hydrogen) atoms. The standard InChI is InChI=1S/C21H23Cl2N3O2/c1-14(21(28)26-10-9-15-5-3-4-6-16(15)12-26)25(2)13-20(27)24-17-7-8-18(22)19(23)11-17/h3-8,11,14H,9-10,12-13H2,1-2H3,(H,24,27)/p+1/t14-/m0/s1. The molecule has 1 heterocycles. The van der Waals surface area contributed by atoms with Crippen molar-refractivity contribution in [3.63, 3.8) is 0 Å². The topological polar surface area (TPSA) is 53.9 Å². The van der Waals surface area contributed by atoms with Crippen LogP contribution in [0.5, 0.6) is 0 Å². The largest absolute Gasteiger partial charge is 0.333 e. The number of amides is 2. The minimum atomic E-state index is -0.315. The number of rotatable bonds is 5. The van der Waals surface area contributed by atoms with Crippen molar-refractivity contribution >= 4 is 40.7 Å². The molecule has 148 valence electrons. The van der Waals surface area contributed by atoms with Crippen molar-refractivity contribution in [2.24, 2.45) is 0 Å². The fourth-order valence-corrected chi connectivity index (χ4v) is 3.65. The van der Waals surface area contributed by atoms with Crippen LogP contribution in [0.15, 0.2) is 42.5 Å². The summed E-state index contributed by atoms with van der Waals surface area (Å²) in [5.41, 5.74) is 3.09. The van der Waals surface area contributed by atoms with Gasteiger partial charge in [-0.25, -0.2) is 0 Å². The second kappa shape index (κ2) is 8.95. The quantitative estimate of drug-likeness (QED) is 0.780. The molecule has 0 spiro atoms. The van der Waals surface area contributed by atoms with E-state index in [1.807, 2.05) is 31.0 Å². The molecular formula is C21H24Cl2N3O2+. The molecular weight excluding hydrogens is 397 g/mol. The molecule has 0 bridgehead atoms.